The van der Waals surface area contributed by atoms with Gasteiger partial charge in [0.25, 0.3) is 0 Å². The SMILES string of the molecule is CN[C@@H](C)C(=O)N[C@H](C(=O)N1C[C@@H](CC(=O)/C=C/C(=O)N[C@H]2C[C@@H](C(=O)N[C@H](C)c3ccccc3)N(C(=O)[C@@H](NC(=O)[C@H](C)NC)C(C)(C)C)C2)C[C@H]1C(=O)N[C@H](C)c1ccccc1)C(C)(C)C. The molecule has 0 saturated carbocycles. The highest BCUT2D eigenvalue weighted by atomic mass is 16.2. The van der Waals surface area contributed by atoms with E-state index in [4.69, 9.17) is 0 Å². The van der Waals surface area contributed by atoms with Gasteiger partial charge >= 0.3 is 0 Å². The zero-order chi connectivity index (χ0) is 50.7. The van der Waals surface area contributed by atoms with E-state index in [9.17, 15) is 38.4 Å². The highest BCUT2D eigenvalue weighted by Crippen LogP contribution is 2.32. The van der Waals surface area contributed by atoms with Crippen LogP contribution in [0.15, 0.2) is 72.8 Å². The van der Waals surface area contributed by atoms with Crippen molar-refractivity contribution in [2.75, 3.05) is 27.2 Å². The largest absolute Gasteiger partial charge is 0.348 e. The van der Waals surface area contributed by atoms with Crippen LogP contribution >= 0.6 is 0 Å². The molecule has 4 rings (SSSR count). The summed E-state index contributed by atoms with van der Waals surface area (Å²) in [5, 5.41) is 20.4. The molecule has 0 aliphatic carbocycles. The number of likely N-dealkylation sites (tertiary alicyclic amines) is 2. The van der Waals surface area contributed by atoms with Crippen molar-refractivity contribution in [1.82, 2.24) is 47.0 Å². The molecule has 2 aromatic rings. The number of nitrogens with one attached hydrogen (secondary N) is 7. The van der Waals surface area contributed by atoms with Gasteiger partial charge < -0.3 is 47.0 Å². The standard InChI is InChI=1S/C51H75N9O8/c1-30(35-19-15-13-16-20-35)54-46(65)39-26-34(28-59(39)48(67)42(50(5,6)7)57-44(63)32(3)52-11)25-38(61)23-24-41(62)56-37-27-40(47(66)55-31(2)36-21-17-14-18-22-36)60(29-37)49(68)43(51(8,9)10)58-45(64)33(4)53-12/h13-24,30-34,37,39-40,42-43,52-53H,25-29H2,1-12H3,(H,54,65)(H,55,66)(H,56,62)(H,57,63)(H,58,64)/b24-23+/t30-,31-,32+,33+,34+,37+,39+,40+,42-,43-/m1/s1. The summed E-state index contributed by atoms with van der Waals surface area (Å²) in [4.78, 5) is 113. The summed E-state index contributed by atoms with van der Waals surface area (Å²) < 4.78 is 0. The van der Waals surface area contributed by atoms with E-state index in [0.29, 0.717) is 0 Å². The number of rotatable bonds is 19. The van der Waals surface area contributed by atoms with Crippen LogP contribution in [-0.4, -0.2) is 126 Å². The Balaban J connectivity index is 1.51. The van der Waals surface area contributed by atoms with Crippen LogP contribution in [0.1, 0.15) is 112 Å². The molecule has 7 amide bonds. The summed E-state index contributed by atoms with van der Waals surface area (Å²) in [6, 6.07) is 12.2. The maximum atomic E-state index is 14.4. The maximum Gasteiger partial charge on any atom is 0.246 e. The second-order valence-corrected chi connectivity index (χ2v) is 20.5. The van der Waals surface area contributed by atoms with Crippen LogP contribution in [0.3, 0.4) is 0 Å². The van der Waals surface area contributed by atoms with Crippen LogP contribution in [0.25, 0.3) is 0 Å². The van der Waals surface area contributed by atoms with Crippen molar-refractivity contribution in [1.29, 1.82) is 0 Å². The van der Waals surface area contributed by atoms with Gasteiger partial charge in [0, 0.05) is 31.6 Å². The Morgan fingerprint density at radius 1 is 0.588 bits per heavy atom. The third-order valence-electron chi connectivity index (χ3n) is 12.9. The van der Waals surface area contributed by atoms with E-state index in [1.54, 1.807) is 27.9 Å². The fraction of sp³-hybridized carbons (Fsp3) is 0.569. The average molecular weight is 942 g/mol. The average Bonchev–Trinajstić information content (AvgIpc) is 3.92. The number of amides is 7. The lowest BCUT2D eigenvalue weighted by molar-refractivity contribution is -0.144. The number of hydrogen-bond donors (Lipinski definition) is 7. The van der Waals surface area contributed by atoms with Gasteiger partial charge in [-0.15, -0.1) is 0 Å². The molecule has 0 aromatic heterocycles. The number of hydrogen-bond acceptors (Lipinski definition) is 10. The first kappa shape index (κ1) is 54.7. The van der Waals surface area contributed by atoms with Gasteiger partial charge in [0.2, 0.25) is 41.4 Å². The van der Waals surface area contributed by atoms with Crippen molar-refractivity contribution >= 4 is 47.1 Å². The zero-order valence-corrected chi connectivity index (χ0v) is 41.9. The number of nitrogens with zero attached hydrogens (tertiary/aromatic N) is 2. The quantitative estimate of drug-likeness (QED) is 0.102. The Hall–Kier alpha value is -5.94. The first-order valence-electron chi connectivity index (χ1n) is 23.6. The molecule has 2 heterocycles. The van der Waals surface area contributed by atoms with Gasteiger partial charge in [0.05, 0.1) is 24.2 Å². The molecular weight excluding hydrogens is 867 g/mol. The molecule has 0 bridgehead atoms. The molecule has 0 spiro atoms. The molecule has 2 aliphatic heterocycles. The smallest absolute Gasteiger partial charge is 0.246 e. The van der Waals surface area contributed by atoms with Gasteiger partial charge in [-0.25, -0.2) is 0 Å². The van der Waals surface area contributed by atoms with E-state index >= 15 is 0 Å². The number of benzene rings is 2. The Morgan fingerprint density at radius 2 is 1.00 bits per heavy atom. The minimum absolute atomic E-state index is 0.0314. The van der Waals surface area contributed by atoms with Crippen molar-refractivity contribution in [2.45, 2.75) is 143 Å². The lowest BCUT2D eigenvalue weighted by atomic mass is 9.85. The van der Waals surface area contributed by atoms with E-state index in [1.165, 1.54) is 9.80 Å². The Morgan fingerprint density at radius 3 is 1.41 bits per heavy atom. The summed E-state index contributed by atoms with van der Waals surface area (Å²) in [6.07, 6.45) is 2.43. The second-order valence-electron chi connectivity index (χ2n) is 20.5. The molecule has 2 aliphatic rings. The second kappa shape index (κ2) is 23.9. The van der Waals surface area contributed by atoms with Crippen molar-refractivity contribution in [2.24, 2.45) is 16.7 Å². The summed E-state index contributed by atoms with van der Waals surface area (Å²) in [6.45, 7) is 18.0. The molecule has 10 atom stereocenters. The fourth-order valence-corrected chi connectivity index (χ4v) is 8.46. The lowest BCUT2D eigenvalue weighted by Crippen LogP contribution is -2.59. The lowest BCUT2D eigenvalue weighted by Gasteiger charge is -2.36. The molecular formula is C51H75N9O8. The predicted molar refractivity (Wildman–Crippen MR) is 260 cm³/mol. The Labute approximate surface area is 402 Å². The molecule has 372 valence electrons. The first-order chi connectivity index (χ1) is 31.9. The Kier molecular flexibility index (Phi) is 19.2. The van der Waals surface area contributed by atoms with E-state index in [2.05, 4.69) is 37.2 Å². The summed E-state index contributed by atoms with van der Waals surface area (Å²) in [5.74, 6) is -3.97. The maximum absolute atomic E-state index is 14.4. The van der Waals surface area contributed by atoms with Crippen LogP contribution in [-0.2, 0) is 38.4 Å². The molecule has 17 heteroatoms. The minimum atomic E-state index is -1.00. The zero-order valence-electron chi connectivity index (χ0n) is 41.9. The van der Waals surface area contributed by atoms with Crippen molar-refractivity contribution < 1.29 is 38.4 Å². The third-order valence-corrected chi connectivity index (χ3v) is 12.9. The van der Waals surface area contributed by atoms with Crippen LogP contribution < -0.4 is 37.2 Å². The Bertz CT molecular complexity index is 1990. The topological polar surface area (TPSA) is 227 Å². The highest BCUT2D eigenvalue weighted by Gasteiger charge is 2.47. The van der Waals surface area contributed by atoms with Crippen LogP contribution in [0.4, 0.5) is 0 Å². The van der Waals surface area contributed by atoms with Gasteiger partial charge in [-0.05, 0) is 88.6 Å². The van der Waals surface area contributed by atoms with Crippen molar-refractivity contribution in [3.8, 4) is 0 Å². The van der Waals surface area contributed by atoms with Gasteiger partial charge in [0.1, 0.15) is 24.2 Å². The molecule has 0 radical (unpaired) electrons. The van der Waals surface area contributed by atoms with E-state index in [-0.39, 0.29) is 50.2 Å². The molecule has 68 heavy (non-hydrogen) atoms. The number of likely N-dealkylation sites (N-methyl/N-ethyl adjacent to an activating group) is 2. The molecule has 17 nitrogen and oxygen atoms in total. The first-order valence-corrected chi connectivity index (χ1v) is 23.6. The number of ketones is 1. The molecule has 7 N–H and O–H groups in total. The van der Waals surface area contributed by atoms with Crippen LogP contribution in [0.2, 0.25) is 0 Å². The number of carbonyl (C=O) groups is 8. The van der Waals surface area contributed by atoms with E-state index in [0.717, 1.165) is 23.3 Å². The molecule has 2 aromatic carbocycles. The van der Waals surface area contributed by atoms with Gasteiger partial charge in [-0.3, -0.25) is 38.4 Å². The molecule has 0 unspecified atom stereocenters. The minimum Gasteiger partial charge on any atom is -0.348 e. The third kappa shape index (κ3) is 14.8. The van der Waals surface area contributed by atoms with E-state index in [1.807, 2.05) is 116 Å². The highest BCUT2D eigenvalue weighted by molar-refractivity contribution is 5.99. The van der Waals surface area contributed by atoms with Crippen LogP contribution in [0, 0.1) is 16.7 Å². The van der Waals surface area contributed by atoms with Crippen molar-refractivity contribution in [3.63, 3.8) is 0 Å². The molecule has 2 fully saturated rings. The predicted octanol–water partition coefficient (Wildman–Crippen LogP) is 2.84. The van der Waals surface area contributed by atoms with Gasteiger partial charge in [0.15, 0.2) is 5.78 Å². The van der Waals surface area contributed by atoms with Gasteiger partial charge in [-0.1, -0.05) is 102 Å². The summed E-state index contributed by atoms with van der Waals surface area (Å²) >= 11 is 0. The van der Waals surface area contributed by atoms with E-state index < -0.39 is 100 Å². The van der Waals surface area contributed by atoms with Crippen LogP contribution in [0.5, 0.6) is 0 Å². The fourth-order valence-electron chi connectivity index (χ4n) is 8.46. The normalized spacial score (nSPS) is 21.2. The van der Waals surface area contributed by atoms with Gasteiger partial charge in [-0.2, -0.15) is 0 Å². The van der Waals surface area contributed by atoms with Crippen molar-refractivity contribution in [3.05, 3.63) is 83.9 Å². The summed E-state index contributed by atoms with van der Waals surface area (Å²) in [7, 11) is 3.28. The molecule has 2 saturated heterocycles. The number of allylic oxidation sites excluding steroid dienone is 1. The number of carbonyl (C=O) groups excluding carboxylic acids is 8. The monoisotopic (exact) mass is 942 g/mol. The summed E-state index contributed by atoms with van der Waals surface area (Å²) in [5.41, 5.74) is 0.264.